The number of aromatic nitrogens is 4. The zero-order valence-corrected chi connectivity index (χ0v) is 10.0. The smallest absolute Gasteiger partial charge is 0.111 e. The molecule has 0 spiro atoms. The van der Waals surface area contributed by atoms with Crippen molar-refractivity contribution in [2.75, 3.05) is 0 Å². The highest BCUT2D eigenvalue weighted by Gasteiger charge is 2.13. The van der Waals surface area contributed by atoms with Gasteiger partial charge >= 0.3 is 0 Å². The van der Waals surface area contributed by atoms with Crippen LogP contribution in [0.1, 0.15) is 30.2 Å². The van der Waals surface area contributed by atoms with E-state index in [0.29, 0.717) is 12.1 Å². The monoisotopic (exact) mass is 232 g/mol. The van der Waals surface area contributed by atoms with Crippen LogP contribution in [0.25, 0.3) is 0 Å². The van der Waals surface area contributed by atoms with Crippen molar-refractivity contribution in [3.63, 3.8) is 0 Å². The SMILES string of the molecule is CCn1ccnc1CC(O)c1cnc(C)cn1. The number of rotatable bonds is 4. The summed E-state index contributed by atoms with van der Waals surface area (Å²) in [6, 6.07) is 0. The summed E-state index contributed by atoms with van der Waals surface area (Å²) in [5.41, 5.74) is 1.43. The van der Waals surface area contributed by atoms with Crippen molar-refractivity contribution in [3.05, 3.63) is 42.0 Å². The summed E-state index contributed by atoms with van der Waals surface area (Å²) in [6.07, 6.45) is 6.72. The standard InChI is InChI=1S/C12H16N4O/c1-3-16-5-4-13-12(16)6-11(17)10-8-14-9(2)7-15-10/h4-5,7-8,11,17H,3,6H2,1-2H3. The fourth-order valence-electron chi connectivity index (χ4n) is 1.67. The Morgan fingerprint density at radius 2 is 2.12 bits per heavy atom. The van der Waals surface area contributed by atoms with Gasteiger partial charge in [0.1, 0.15) is 11.9 Å². The van der Waals surface area contributed by atoms with Gasteiger partial charge in [-0.05, 0) is 13.8 Å². The first-order valence-electron chi connectivity index (χ1n) is 5.67. The third-order valence-electron chi connectivity index (χ3n) is 2.66. The summed E-state index contributed by atoms with van der Waals surface area (Å²) < 4.78 is 2.00. The normalized spacial score (nSPS) is 12.6. The minimum absolute atomic E-state index is 0.457. The Morgan fingerprint density at radius 1 is 1.29 bits per heavy atom. The summed E-state index contributed by atoms with van der Waals surface area (Å²) in [5.74, 6) is 0.863. The van der Waals surface area contributed by atoms with Crippen LogP contribution in [0.15, 0.2) is 24.8 Å². The van der Waals surface area contributed by atoms with Crippen LogP contribution in [0.3, 0.4) is 0 Å². The molecular weight excluding hydrogens is 216 g/mol. The molecule has 2 heterocycles. The first-order chi connectivity index (χ1) is 8.20. The molecule has 0 amide bonds. The molecule has 0 aliphatic rings. The summed E-state index contributed by atoms with van der Waals surface area (Å²) in [6.45, 7) is 4.76. The highest BCUT2D eigenvalue weighted by molar-refractivity contribution is 5.06. The molecule has 0 aromatic carbocycles. The van der Waals surface area contributed by atoms with Crippen molar-refractivity contribution in [1.29, 1.82) is 0 Å². The molecule has 0 aliphatic carbocycles. The lowest BCUT2D eigenvalue weighted by molar-refractivity contribution is 0.169. The van der Waals surface area contributed by atoms with Crippen LogP contribution >= 0.6 is 0 Å². The van der Waals surface area contributed by atoms with Gasteiger partial charge < -0.3 is 9.67 Å². The molecule has 1 atom stereocenters. The number of hydrogen-bond donors (Lipinski definition) is 1. The molecule has 0 radical (unpaired) electrons. The summed E-state index contributed by atoms with van der Waals surface area (Å²) in [7, 11) is 0. The topological polar surface area (TPSA) is 63.8 Å². The minimum atomic E-state index is -0.657. The van der Waals surface area contributed by atoms with Gasteiger partial charge in [-0.15, -0.1) is 0 Å². The van der Waals surface area contributed by atoms with Crippen molar-refractivity contribution in [3.8, 4) is 0 Å². The quantitative estimate of drug-likeness (QED) is 0.862. The van der Waals surface area contributed by atoms with Crippen molar-refractivity contribution < 1.29 is 5.11 Å². The lowest BCUT2D eigenvalue weighted by Gasteiger charge is -2.10. The molecule has 0 bridgehead atoms. The van der Waals surface area contributed by atoms with Crippen molar-refractivity contribution in [1.82, 2.24) is 19.5 Å². The van der Waals surface area contributed by atoms with Gasteiger partial charge in [0.15, 0.2) is 0 Å². The first kappa shape index (κ1) is 11.7. The maximum Gasteiger partial charge on any atom is 0.111 e. The van der Waals surface area contributed by atoms with Gasteiger partial charge in [0, 0.05) is 31.6 Å². The molecule has 0 aliphatic heterocycles. The maximum atomic E-state index is 10.0. The van der Waals surface area contributed by atoms with Gasteiger partial charge in [-0.1, -0.05) is 0 Å². The average molecular weight is 232 g/mol. The zero-order chi connectivity index (χ0) is 12.3. The summed E-state index contributed by atoms with van der Waals surface area (Å²) in [5, 5.41) is 10.0. The van der Waals surface area contributed by atoms with E-state index in [1.165, 1.54) is 0 Å². The number of aliphatic hydroxyl groups excluding tert-OH is 1. The second-order valence-electron chi connectivity index (χ2n) is 3.93. The first-order valence-corrected chi connectivity index (χ1v) is 5.67. The fraction of sp³-hybridized carbons (Fsp3) is 0.417. The molecule has 17 heavy (non-hydrogen) atoms. The van der Waals surface area contributed by atoms with E-state index in [-0.39, 0.29) is 0 Å². The van der Waals surface area contributed by atoms with Crippen molar-refractivity contribution in [2.24, 2.45) is 0 Å². The highest BCUT2D eigenvalue weighted by atomic mass is 16.3. The van der Waals surface area contributed by atoms with E-state index in [0.717, 1.165) is 18.1 Å². The Bertz CT molecular complexity index is 478. The van der Waals surface area contributed by atoms with Gasteiger partial charge in [0.05, 0.1) is 17.6 Å². The number of nitrogens with zero attached hydrogens (tertiary/aromatic N) is 4. The molecule has 2 aromatic rings. The van der Waals surface area contributed by atoms with Crippen molar-refractivity contribution >= 4 is 0 Å². The van der Waals surface area contributed by atoms with Crippen LogP contribution in [0.4, 0.5) is 0 Å². The van der Waals surface area contributed by atoms with Crippen LogP contribution in [-0.2, 0) is 13.0 Å². The molecule has 90 valence electrons. The Morgan fingerprint density at radius 3 is 2.76 bits per heavy atom. The van der Waals surface area contributed by atoms with E-state index >= 15 is 0 Å². The third kappa shape index (κ3) is 2.68. The van der Waals surface area contributed by atoms with Gasteiger partial charge in [-0.2, -0.15) is 0 Å². The summed E-state index contributed by atoms with van der Waals surface area (Å²) in [4.78, 5) is 12.5. The number of aliphatic hydroxyl groups is 1. The van der Waals surface area contributed by atoms with Gasteiger partial charge in [-0.25, -0.2) is 4.98 Å². The summed E-state index contributed by atoms with van der Waals surface area (Å²) >= 11 is 0. The van der Waals surface area contributed by atoms with E-state index in [4.69, 9.17) is 0 Å². The molecule has 2 rings (SSSR count). The molecule has 5 nitrogen and oxygen atoms in total. The number of hydrogen-bond acceptors (Lipinski definition) is 4. The predicted octanol–water partition coefficient (Wildman–Crippen LogP) is 1.28. The molecule has 1 unspecified atom stereocenters. The Labute approximate surface area is 100 Å². The third-order valence-corrected chi connectivity index (χ3v) is 2.66. The van der Waals surface area contributed by atoms with E-state index < -0.39 is 6.10 Å². The minimum Gasteiger partial charge on any atom is -0.386 e. The highest BCUT2D eigenvalue weighted by Crippen LogP contribution is 2.14. The lowest BCUT2D eigenvalue weighted by Crippen LogP contribution is -2.10. The molecule has 0 saturated heterocycles. The van der Waals surface area contributed by atoms with Crippen LogP contribution < -0.4 is 0 Å². The van der Waals surface area contributed by atoms with Crippen LogP contribution in [-0.4, -0.2) is 24.6 Å². The average Bonchev–Trinajstić information content (AvgIpc) is 2.77. The Hall–Kier alpha value is -1.75. The largest absolute Gasteiger partial charge is 0.386 e. The van der Waals surface area contributed by atoms with Gasteiger partial charge in [-0.3, -0.25) is 9.97 Å². The second-order valence-corrected chi connectivity index (χ2v) is 3.93. The molecule has 0 saturated carbocycles. The van der Waals surface area contributed by atoms with E-state index in [2.05, 4.69) is 15.0 Å². The maximum absolute atomic E-state index is 10.0. The lowest BCUT2D eigenvalue weighted by atomic mass is 10.2. The van der Waals surface area contributed by atoms with Crippen LogP contribution in [0.5, 0.6) is 0 Å². The van der Waals surface area contributed by atoms with Gasteiger partial charge in [0.2, 0.25) is 0 Å². The zero-order valence-electron chi connectivity index (χ0n) is 10.0. The molecule has 0 fully saturated rings. The van der Waals surface area contributed by atoms with E-state index in [1.54, 1.807) is 18.6 Å². The second kappa shape index (κ2) is 5.05. The Kier molecular flexibility index (Phi) is 3.49. The Balaban J connectivity index is 2.11. The molecule has 5 heteroatoms. The van der Waals surface area contributed by atoms with Crippen molar-refractivity contribution in [2.45, 2.75) is 32.9 Å². The molecule has 2 aromatic heterocycles. The number of aryl methyl sites for hydroxylation is 2. The van der Waals surface area contributed by atoms with E-state index in [9.17, 15) is 5.11 Å². The number of imidazole rings is 1. The predicted molar refractivity (Wildman–Crippen MR) is 63.3 cm³/mol. The molecule has 1 N–H and O–H groups in total. The molecular formula is C12H16N4O. The van der Waals surface area contributed by atoms with E-state index in [1.807, 2.05) is 24.6 Å². The van der Waals surface area contributed by atoms with Crippen LogP contribution in [0.2, 0.25) is 0 Å². The van der Waals surface area contributed by atoms with Crippen LogP contribution in [0, 0.1) is 6.92 Å². The fourth-order valence-corrected chi connectivity index (χ4v) is 1.67. The van der Waals surface area contributed by atoms with Gasteiger partial charge in [0.25, 0.3) is 0 Å².